The Morgan fingerprint density at radius 1 is 1.27 bits per heavy atom. The molecule has 0 spiro atoms. The SMILES string of the molecule is CCNC(=O)CCNc1ccc(C)cc1. The monoisotopic (exact) mass is 206 g/mol. The predicted octanol–water partition coefficient (Wildman–Crippen LogP) is 1.93. The zero-order valence-corrected chi connectivity index (χ0v) is 9.34. The van der Waals surface area contributed by atoms with Crippen LogP contribution in [0, 0.1) is 6.92 Å². The lowest BCUT2D eigenvalue weighted by Crippen LogP contribution is -2.24. The Morgan fingerprint density at radius 2 is 1.93 bits per heavy atom. The summed E-state index contributed by atoms with van der Waals surface area (Å²) in [5, 5.41) is 5.96. The molecule has 1 amide bonds. The smallest absolute Gasteiger partial charge is 0.221 e. The van der Waals surface area contributed by atoms with E-state index < -0.39 is 0 Å². The molecule has 0 saturated heterocycles. The Labute approximate surface area is 90.9 Å². The maximum Gasteiger partial charge on any atom is 0.221 e. The zero-order valence-electron chi connectivity index (χ0n) is 9.34. The fourth-order valence-corrected chi connectivity index (χ4v) is 1.28. The van der Waals surface area contributed by atoms with Crippen molar-refractivity contribution < 1.29 is 4.79 Å². The van der Waals surface area contributed by atoms with Gasteiger partial charge in [0.15, 0.2) is 0 Å². The van der Waals surface area contributed by atoms with Crippen LogP contribution in [0.3, 0.4) is 0 Å². The number of carbonyl (C=O) groups is 1. The number of benzene rings is 1. The van der Waals surface area contributed by atoms with Crippen LogP contribution in [0.15, 0.2) is 24.3 Å². The molecule has 0 heterocycles. The zero-order chi connectivity index (χ0) is 11.1. The van der Waals surface area contributed by atoms with E-state index in [1.54, 1.807) is 0 Å². The first-order chi connectivity index (χ1) is 7.22. The summed E-state index contributed by atoms with van der Waals surface area (Å²) in [6, 6.07) is 8.14. The summed E-state index contributed by atoms with van der Waals surface area (Å²) in [6.45, 7) is 5.35. The second kappa shape index (κ2) is 6.06. The number of carbonyl (C=O) groups excluding carboxylic acids is 1. The summed E-state index contributed by atoms with van der Waals surface area (Å²) in [6.07, 6.45) is 0.516. The highest BCUT2D eigenvalue weighted by atomic mass is 16.1. The molecule has 3 nitrogen and oxygen atoms in total. The van der Waals surface area contributed by atoms with Gasteiger partial charge in [-0.1, -0.05) is 17.7 Å². The standard InChI is InChI=1S/C12H18N2O/c1-3-13-12(15)8-9-14-11-6-4-10(2)5-7-11/h4-7,14H,3,8-9H2,1-2H3,(H,13,15). The molecule has 15 heavy (non-hydrogen) atoms. The van der Waals surface area contributed by atoms with Gasteiger partial charge in [-0.15, -0.1) is 0 Å². The predicted molar refractivity (Wildman–Crippen MR) is 63.0 cm³/mol. The highest BCUT2D eigenvalue weighted by molar-refractivity contribution is 5.76. The van der Waals surface area contributed by atoms with E-state index in [1.165, 1.54) is 5.56 Å². The lowest BCUT2D eigenvalue weighted by molar-refractivity contribution is -0.120. The lowest BCUT2D eigenvalue weighted by atomic mass is 10.2. The second-order valence-electron chi connectivity index (χ2n) is 3.50. The van der Waals surface area contributed by atoms with Crippen LogP contribution in [-0.4, -0.2) is 19.0 Å². The van der Waals surface area contributed by atoms with E-state index in [0.29, 0.717) is 19.5 Å². The van der Waals surface area contributed by atoms with Gasteiger partial charge in [-0.05, 0) is 26.0 Å². The van der Waals surface area contributed by atoms with Crippen LogP contribution in [0.25, 0.3) is 0 Å². The molecule has 0 saturated carbocycles. The van der Waals surface area contributed by atoms with Crippen molar-refractivity contribution in [3.63, 3.8) is 0 Å². The number of nitrogens with one attached hydrogen (secondary N) is 2. The van der Waals surface area contributed by atoms with Crippen molar-refractivity contribution in [3.8, 4) is 0 Å². The molecule has 0 fully saturated rings. The summed E-state index contributed by atoms with van der Waals surface area (Å²) in [7, 11) is 0. The van der Waals surface area contributed by atoms with Crippen molar-refractivity contribution in [2.24, 2.45) is 0 Å². The van der Waals surface area contributed by atoms with Crippen molar-refractivity contribution in [1.29, 1.82) is 0 Å². The van der Waals surface area contributed by atoms with E-state index in [2.05, 4.69) is 29.7 Å². The molecule has 0 bridgehead atoms. The van der Waals surface area contributed by atoms with Gasteiger partial charge >= 0.3 is 0 Å². The average molecular weight is 206 g/mol. The summed E-state index contributed by atoms with van der Waals surface area (Å²) in [5.41, 5.74) is 2.30. The van der Waals surface area contributed by atoms with Crippen LogP contribution in [0.5, 0.6) is 0 Å². The lowest BCUT2D eigenvalue weighted by Gasteiger charge is -2.06. The first kappa shape index (κ1) is 11.6. The summed E-state index contributed by atoms with van der Waals surface area (Å²) < 4.78 is 0. The molecule has 0 aliphatic carbocycles. The summed E-state index contributed by atoms with van der Waals surface area (Å²) in [4.78, 5) is 11.1. The van der Waals surface area contributed by atoms with Crippen molar-refractivity contribution in [1.82, 2.24) is 5.32 Å². The Morgan fingerprint density at radius 3 is 2.53 bits per heavy atom. The topological polar surface area (TPSA) is 41.1 Å². The minimum absolute atomic E-state index is 0.0945. The van der Waals surface area contributed by atoms with Crippen LogP contribution in [0.1, 0.15) is 18.9 Å². The highest BCUT2D eigenvalue weighted by Gasteiger charge is 1.98. The van der Waals surface area contributed by atoms with Crippen LogP contribution >= 0.6 is 0 Å². The van der Waals surface area contributed by atoms with Gasteiger partial charge in [0.2, 0.25) is 5.91 Å². The van der Waals surface area contributed by atoms with Gasteiger partial charge in [-0.25, -0.2) is 0 Å². The summed E-state index contributed by atoms with van der Waals surface area (Å²) >= 11 is 0. The molecule has 0 radical (unpaired) electrons. The van der Waals surface area contributed by atoms with Gasteiger partial charge in [-0.3, -0.25) is 4.79 Å². The van der Waals surface area contributed by atoms with Gasteiger partial charge in [-0.2, -0.15) is 0 Å². The normalized spacial score (nSPS) is 9.73. The minimum atomic E-state index is 0.0945. The Balaban J connectivity index is 2.26. The number of hydrogen-bond acceptors (Lipinski definition) is 2. The molecule has 0 aromatic heterocycles. The minimum Gasteiger partial charge on any atom is -0.385 e. The molecular formula is C12H18N2O. The molecular weight excluding hydrogens is 188 g/mol. The molecule has 1 aromatic rings. The fraction of sp³-hybridized carbons (Fsp3) is 0.417. The number of amides is 1. The van der Waals surface area contributed by atoms with Gasteiger partial charge < -0.3 is 10.6 Å². The average Bonchev–Trinajstić information content (AvgIpc) is 2.21. The number of anilines is 1. The Kier molecular flexibility index (Phi) is 4.68. The second-order valence-corrected chi connectivity index (χ2v) is 3.50. The van der Waals surface area contributed by atoms with Crippen molar-refractivity contribution >= 4 is 11.6 Å². The number of rotatable bonds is 5. The van der Waals surface area contributed by atoms with Gasteiger partial charge in [0.1, 0.15) is 0 Å². The van der Waals surface area contributed by atoms with E-state index in [9.17, 15) is 4.79 Å². The molecule has 3 heteroatoms. The first-order valence-corrected chi connectivity index (χ1v) is 5.29. The van der Waals surface area contributed by atoms with Crippen LogP contribution in [0.4, 0.5) is 5.69 Å². The van der Waals surface area contributed by atoms with E-state index in [0.717, 1.165) is 5.69 Å². The molecule has 82 valence electrons. The van der Waals surface area contributed by atoms with Crippen LogP contribution in [0.2, 0.25) is 0 Å². The van der Waals surface area contributed by atoms with Gasteiger partial charge in [0.25, 0.3) is 0 Å². The van der Waals surface area contributed by atoms with E-state index in [4.69, 9.17) is 0 Å². The van der Waals surface area contributed by atoms with Crippen LogP contribution < -0.4 is 10.6 Å². The molecule has 2 N–H and O–H groups in total. The molecule has 0 aliphatic heterocycles. The number of aryl methyl sites for hydroxylation is 1. The molecule has 0 atom stereocenters. The summed E-state index contributed by atoms with van der Waals surface area (Å²) in [5.74, 6) is 0.0945. The van der Waals surface area contributed by atoms with Crippen molar-refractivity contribution in [2.45, 2.75) is 20.3 Å². The number of hydrogen-bond donors (Lipinski definition) is 2. The first-order valence-electron chi connectivity index (χ1n) is 5.29. The van der Waals surface area contributed by atoms with Gasteiger partial charge in [0.05, 0.1) is 0 Å². The quantitative estimate of drug-likeness (QED) is 0.773. The van der Waals surface area contributed by atoms with Crippen molar-refractivity contribution in [3.05, 3.63) is 29.8 Å². The van der Waals surface area contributed by atoms with Crippen LogP contribution in [-0.2, 0) is 4.79 Å². The molecule has 1 rings (SSSR count). The fourth-order valence-electron chi connectivity index (χ4n) is 1.28. The molecule has 0 aliphatic rings. The van der Waals surface area contributed by atoms with E-state index >= 15 is 0 Å². The van der Waals surface area contributed by atoms with Gasteiger partial charge in [0, 0.05) is 25.2 Å². The van der Waals surface area contributed by atoms with E-state index in [-0.39, 0.29) is 5.91 Å². The largest absolute Gasteiger partial charge is 0.385 e. The third kappa shape index (κ3) is 4.49. The highest BCUT2D eigenvalue weighted by Crippen LogP contribution is 2.07. The third-order valence-corrected chi connectivity index (χ3v) is 2.11. The van der Waals surface area contributed by atoms with E-state index in [1.807, 2.05) is 19.1 Å². The maximum absolute atomic E-state index is 11.1. The third-order valence-electron chi connectivity index (χ3n) is 2.11. The Hall–Kier alpha value is -1.51. The Bertz CT molecular complexity index is 306. The van der Waals surface area contributed by atoms with Crippen molar-refractivity contribution in [2.75, 3.05) is 18.4 Å². The molecule has 0 unspecified atom stereocenters. The maximum atomic E-state index is 11.1. The molecule has 1 aromatic carbocycles.